The fourth-order valence-corrected chi connectivity index (χ4v) is 2.49. The lowest BCUT2D eigenvalue weighted by Crippen LogP contribution is -2.43. The summed E-state index contributed by atoms with van der Waals surface area (Å²) in [5, 5.41) is 3.23. The third kappa shape index (κ3) is 3.51. The lowest BCUT2D eigenvalue weighted by atomic mass is 9.85. The summed E-state index contributed by atoms with van der Waals surface area (Å²) in [5.74, 6) is 1.16. The summed E-state index contributed by atoms with van der Waals surface area (Å²) in [6, 6.07) is 0.437. The van der Waals surface area contributed by atoms with Gasteiger partial charge in [-0.25, -0.2) is 0 Å². The summed E-state index contributed by atoms with van der Waals surface area (Å²) in [4.78, 5) is 11.9. The smallest absolute Gasteiger partial charge is 0.223 e. The molecule has 88 valence electrons. The maximum Gasteiger partial charge on any atom is 0.223 e. The highest BCUT2D eigenvalue weighted by molar-refractivity contribution is 5.78. The highest BCUT2D eigenvalue weighted by Gasteiger charge is 2.24. The predicted molar refractivity (Wildman–Crippen MR) is 63.6 cm³/mol. The quantitative estimate of drug-likeness (QED) is 0.760. The van der Waals surface area contributed by atoms with Crippen molar-refractivity contribution in [1.29, 1.82) is 0 Å². The van der Waals surface area contributed by atoms with Gasteiger partial charge in [0.2, 0.25) is 5.91 Å². The fraction of sp³-hybridized carbons (Fsp3) is 0.923. The molecule has 2 unspecified atom stereocenters. The Morgan fingerprint density at radius 2 is 1.87 bits per heavy atom. The van der Waals surface area contributed by atoms with E-state index >= 15 is 0 Å². The SMILES string of the molecule is CCC(CC)C(=O)NC1CCCCC1C. The summed E-state index contributed by atoms with van der Waals surface area (Å²) >= 11 is 0. The second-order valence-corrected chi connectivity index (χ2v) is 4.89. The molecule has 1 aliphatic rings. The van der Waals surface area contributed by atoms with Crippen LogP contribution in [-0.2, 0) is 4.79 Å². The molecule has 0 spiro atoms. The highest BCUT2D eigenvalue weighted by Crippen LogP contribution is 2.24. The molecule has 0 aliphatic heterocycles. The first-order chi connectivity index (χ1) is 7.19. The van der Waals surface area contributed by atoms with Crippen molar-refractivity contribution in [3.05, 3.63) is 0 Å². The maximum atomic E-state index is 11.9. The van der Waals surface area contributed by atoms with E-state index in [0.717, 1.165) is 12.8 Å². The summed E-state index contributed by atoms with van der Waals surface area (Å²) in [6.07, 6.45) is 6.98. The van der Waals surface area contributed by atoms with E-state index in [0.29, 0.717) is 12.0 Å². The van der Waals surface area contributed by atoms with Gasteiger partial charge in [-0.05, 0) is 31.6 Å². The second-order valence-electron chi connectivity index (χ2n) is 4.89. The van der Waals surface area contributed by atoms with Crippen molar-refractivity contribution in [2.24, 2.45) is 11.8 Å². The summed E-state index contributed by atoms with van der Waals surface area (Å²) in [6.45, 7) is 6.45. The van der Waals surface area contributed by atoms with Crippen molar-refractivity contribution >= 4 is 5.91 Å². The molecule has 1 amide bonds. The van der Waals surface area contributed by atoms with Gasteiger partial charge in [-0.15, -0.1) is 0 Å². The van der Waals surface area contributed by atoms with Gasteiger partial charge in [0.1, 0.15) is 0 Å². The maximum absolute atomic E-state index is 11.9. The monoisotopic (exact) mass is 211 g/mol. The first-order valence-corrected chi connectivity index (χ1v) is 6.49. The molecule has 0 aromatic heterocycles. The Kier molecular flexibility index (Phi) is 5.13. The minimum Gasteiger partial charge on any atom is -0.353 e. The summed E-state index contributed by atoms with van der Waals surface area (Å²) in [5.41, 5.74) is 0. The van der Waals surface area contributed by atoms with E-state index < -0.39 is 0 Å². The molecule has 1 saturated carbocycles. The van der Waals surface area contributed by atoms with Crippen LogP contribution in [0, 0.1) is 11.8 Å². The number of rotatable bonds is 4. The van der Waals surface area contributed by atoms with Crippen LogP contribution in [-0.4, -0.2) is 11.9 Å². The first kappa shape index (κ1) is 12.5. The van der Waals surface area contributed by atoms with Gasteiger partial charge in [-0.2, -0.15) is 0 Å². The Morgan fingerprint density at radius 3 is 2.40 bits per heavy atom. The van der Waals surface area contributed by atoms with Crippen molar-refractivity contribution in [3.8, 4) is 0 Å². The van der Waals surface area contributed by atoms with E-state index in [1.165, 1.54) is 25.7 Å². The van der Waals surface area contributed by atoms with Crippen molar-refractivity contribution < 1.29 is 4.79 Å². The molecule has 1 aliphatic carbocycles. The molecule has 1 fully saturated rings. The van der Waals surface area contributed by atoms with Gasteiger partial charge in [-0.3, -0.25) is 4.79 Å². The highest BCUT2D eigenvalue weighted by atomic mass is 16.1. The molecule has 15 heavy (non-hydrogen) atoms. The molecule has 1 N–H and O–H groups in total. The molecule has 0 bridgehead atoms. The molecule has 0 radical (unpaired) electrons. The topological polar surface area (TPSA) is 29.1 Å². The van der Waals surface area contributed by atoms with E-state index in [-0.39, 0.29) is 11.8 Å². The van der Waals surface area contributed by atoms with Gasteiger partial charge in [0, 0.05) is 12.0 Å². The van der Waals surface area contributed by atoms with Gasteiger partial charge in [0.25, 0.3) is 0 Å². The lowest BCUT2D eigenvalue weighted by Gasteiger charge is -2.30. The van der Waals surface area contributed by atoms with Gasteiger partial charge < -0.3 is 5.32 Å². The molecule has 2 heteroatoms. The van der Waals surface area contributed by atoms with Crippen LogP contribution < -0.4 is 5.32 Å². The largest absolute Gasteiger partial charge is 0.353 e. The van der Waals surface area contributed by atoms with Crippen LogP contribution >= 0.6 is 0 Å². The molecule has 1 rings (SSSR count). The zero-order valence-corrected chi connectivity index (χ0v) is 10.4. The van der Waals surface area contributed by atoms with E-state index in [9.17, 15) is 4.79 Å². The molecular formula is C13H25NO. The molecule has 0 saturated heterocycles. The van der Waals surface area contributed by atoms with E-state index in [2.05, 4.69) is 26.1 Å². The van der Waals surface area contributed by atoms with Crippen LogP contribution in [0.4, 0.5) is 0 Å². The zero-order valence-electron chi connectivity index (χ0n) is 10.4. The van der Waals surface area contributed by atoms with Crippen LogP contribution in [0.15, 0.2) is 0 Å². The molecule has 0 heterocycles. The second kappa shape index (κ2) is 6.14. The third-order valence-corrected chi connectivity index (χ3v) is 3.80. The minimum atomic E-state index is 0.221. The molecular weight excluding hydrogens is 186 g/mol. The normalized spacial score (nSPS) is 26.7. The van der Waals surface area contributed by atoms with Crippen molar-refractivity contribution in [2.75, 3.05) is 0 Å². The molecule has 2 nitrogen and oxygen atoms in total. The zero-order chi connectivity index (χ0) is 11.3. The Bertz CT molecular complexity index is 199. The average Bonchev–Trinajstić information content (AvgIpc) is 2.23. The Balaban J connectivity index is 2.41. The average molecular weight is 211 g/mol. The molecule has 0 aromatic carbocycles. The van der Waals surface area contributed by atoms with Gasteiger partial charge >= 0.3 is 0 Å². The number of nitrogens with one attached hydrogen (secondary N) is 1. The number of carbonyl (C=O) groups is 1. The van der Waals surface area contributed by atoms with Crippen LogP contribution in [0.25, 0.3) is 0 Å². The Labute approximate surface area is 93.8 Å². The Morgan fingerprint density at radius 1 is 1.27 bits per heavy atom. The van der Waals surface area contributed by atoms with E-state index in [1.54, 1.807) is 0 Å². The van der Waals surface area contributed by atoms with Crippen LogP contribution in [0.2, 0.25) is 0 Å². The number of hydrogen-bond donors (Lipinski definition) is 1. The van der Waals surface area contributed by atoms with Crippen molar-refractivity contribution in [2.45, 2.75) is 65.3 Å². The third-order valence-electron chi connectivity index (χ3n) is 3.80. The van der Waals surface area contributed by atoms with Crippen LogP contribution in [0.1, 0.15) is 59.3 Å². The molecule has 2 atom stereocenters. The van der Waals surface area contributed by atoms with Gasteiger partial charge in [0.15, 0.2) is 0 Å². The fourth-order valence-electron chi connectivity index (χ4n) is 2.49. The van der Waals surface area contributed by atoms with Gasteiger partial charge in [0.05, 0.1) is 0 Å². The van der Waals surface area contributed by atoms with Crippen LogP contribution in [0.3, 0.4) is 0 Å². The Hall–Kier alpha value is -0.530. The minimum absolute atomic E-state index is 0.221. The molecule has 0 aromatic rings. The summed E-state index contributed by atoms with van der Waals surface area (Å²) in [7, 11) is 0. The predicted octanol–water partition coefficient (Wildman–Crippen LogP) is 3.12. The van der Waals surface area contributed by atoms with Crippen LogP contribution in [0.5, 0.6) is 0 Å². The lowest BCUT2D eigenvalue weighted by molar-refractivity contribution is -0.126. The van der Waals surface area contributed by atoms with E-state index in [1.807, 2.05) is 0 Å². The first-order valence-electron chi connectivity index (χ1n) is 6.49. The number of amides is 1. The van der Waals surface area contributed by atoms with Crippen molar-refractivity contribution in [3.63, 3.8) is 0 Å². The van der Waals surface area contributed by atoms with Gasteiger partial charge in [-0.1, -0.05) is 33.6 Å². The number of hydrogen-bond acceptors (Lipinski definition) is 1. The standard InChI is InChI=1S/C13H25NO/c1-4-11(5-2)13(15)14-12-9-7-6-8-10(12)3/h10-12H,4-9H2,1-3H3,(H,14,15). The van der Waals surface area contributed by atoms with Crippen molar-refractivity contribution in [1.82, 2.24) is 5.32 Å². The summed E-state index contributed by atoms with van der Waals surface area (Å²) < 4.78 is 0. The number of carbonyl (C=O) groups excluding carboxylic acids is 1. The van der Waals surface area contributed by atoms with E-state index in [4.69, 9.17) is 0 Å².